The molecule has 0 spiro atoms. The standard InChI is InChI=1S/C30H26F3N5O2S/c1-18(2)24-13-4-19(3)14-26(24)38-27(39)16-41-29(38)36-28(40)35-22-9-5-20(6-10-22)25-15-37(17-34-25)23-11-7-21(8-12-23)30(31,32)33/h4-15,17-18H,16H2,1-3H3,(H,35,40). The number of nitrogens with one attached hydrogen (secondary N) is 1. The molecule has 1 fully saturated rings. The zero-order chi connectivity index (χ0) is 29.3. The van der Waals surface area contributed by atoms with Crippen LogP contribution < -0.4 is 10.2 Å². The maximum atomic E-state index is 12.8. The number of anilines is 2. The van der Waals surface area contributed by atoms with Crippen LogP contribution in [0.25, 0.3) is 16.9 Å². The Hall–Kier alpha value is -4.38. The predicted octanol–water partition coefficient (Wildman–Crippen LogP) is 7.66. The van der Waals surface area contributed by atoms with E-state index in [0.29, 0.717) is 22.2 Å². The van der Waals surface area contributed by atoms with Crippen LogP contribution in [0.1, 0.15) is 36.5 Å². The highest BCUT2D eigenvalue weighted by molar-refractivity contribution is 8.15. The predicted molar refractivity (Wildman–Crippen MR) is 156 cm³/mol. The summed E-state index contributed by atoms with van der Waals surface area (Å²) in [6, 6.07) is 17.1. The van der Waals surface area contributed by atoms with Crippen molar-refractivity contribution >= 4 is 40.2 Å². The van der Waals surface area contributed by atoms with Gasteiger partial charge in [0.15, 0.2) is 5.17 Å². The quantitative estimate of drug-likeness (QED) is 0.264. The number of nitrogens with zero attached hydrogens (tertiary/aromatic N) is 4. The molecule has 3 amide bonds. The van der Waals surface area contributed by atoms with Gasteiger partial charge >= 0.3 is 12.2 Å². The summed E-state index contributed by atoms with van der Waals surface area (Å²) in [7, 11) is 0. The van der Waals surface area contributed by atoms with Crippen molar-refractivity contribution in [2.24, 2.45) is 4.99 Å². The van der Waals surface area contributed by atoms with Crippen LogP contribution in [-0.4, -0.2) is 32.4 Å². The largest absolute Gasteiger partial charge is 0.416 e. The number of hydrogen-bond acceptors (Lipinski definition) is 4. The number of aryl methyl sites for hydroxylation is 1. The van der Waals surface area contributed by atoms with Crippen LogP contribution in [0.2, 0.25) is 0 Å². The number of amides is 3. The van der Waals surface area contributed by atoms with Gasteiger partial charge in [-0.05, 0) is 66.4 Å². The molecule has 1 aliphatic rings. The first-order valence-electron chi connectivity index (χ1n) is 12.8. The van der Waals surface area contributed by atoms with Crippen molar-refractivity contribution in [1.29, 1.82) is 0 Å². The van der Waals surface area contributed by atoms with E-state index in [1.165, 1.54) is 35.1 Å². The zero-order valence-corrected chi connectivity index (χ0v) is 23.3. The van der Waals surface area contributed by atoms with Crippen molar-refractivity contribution in [3.05, 3.63) is 95.9 Å². The highest BCUT2D eigenvalue weighted by Gasteiger charge is 2.32. The molecule has 0 bridgehead atoms. The number of carbonyl (C=O) groups is 2. The molecule has 0 radical (unpaired) electrons. The number of alkyl halides is 3. The van der Waals surface area contributed by atoms with Gasteiger partial charge in [0, 0.05) is 23.1 Å². The Morgan fingerprint density at radius 2 is 1.76 bits per heavy atom. The van der Waals surface area contributed by atoms with Crippen LogP contribution >= 0.6 is 11.8 Å². The van der Waals surface area contributed by atoms with Gasteiger partial charge in [0.2, 0.25) is 5.91 Å². The van der Waals surface area contributed by atoms with Gasteiger partial charge in [-0.1, -0.05) is 49.9 Å². The summed E-state index contributed by atoms with van der Waals surface area (Å²) in [5, 5.41) is 3.06. The lowest BCUT2D eigenvalue weighted by molar-refractivity contribution is -0.137. The van der Waals surface area contributed by atoms with Gasteiger partial charge < -0.3 is 9.88 Å². The van der Waals surface area contributed by atoms with Crippen molar-refractivity contribution in [3.63, 3.8) is 0 Å². The number of urea groups is 1. The highest BCUT2D eigenvalue weighted by atomic mass is 32.2. The number of thioether (sulfide) groups is 1. The summed E-state index contributed by atoms with van der Waals surface area (Å²) in [5.41, 5.74) is 4.43. The number of hydrogen-bond donors (Lipinski definition) is 1. The van der Waals surface area contributed by atoms with Gasteiger partial charge in [-0.2, -0.15) is 18.2 Å². The van der Waals surface area contributed by atoms with Crippen LogP contribution in [0.5, 0.6) is 0 Å². The van der Waals surface area contributed by atoms with Gasteiger partial charge in [-0.25, -0.2) is 9.78 Å². The van der Waals surface area contributed by atoms with E-state index >= 15 is 0 Å². The average Bonchev–Trinajstić information content (AvgIpc) is 3.55. The van der Waals surface area contributed by atoms with Gasteiger partial charge in [-0.15, -0.1) is 0 Å². The molecule has 5 rings (SSSR count). The molecule has 11 heteroatoms. The number of amidine groups is 1. The minimum Gasteiger partial charge on any atom is -0.306 e. The lowest BCUT2D eigenvalue weighted by atomic mass is 9.99. The first-order valence-corrected chi connectivity index (χ1v) is 13.8. The molecule has 1 saturated heterocycles. The summed E-state index contributed by atoms with van der Waals surface area (Å²) < 4.78 is 40.2. The third kappa shape index (κ3) is 6.19. The van der Waals surface area contributed by atoms with E-state index in [-0.39, 0.29) is 17.6 Å². The molecule has 4 aromatic rings. The fourth-order valence-corrected chi connectivity index (χ4v) is 5.27. The van der Waals surface area contributed by atoms with Crippen LogP contribution in [0.15, 0.2) is 84.2 Å². The van der Waals surface area contributed by atoms with E-state index < -0.39 is 17.8 Å². The molecule has 0 unspecified atom stereocenters. The molecule has 0 atom stereocenters. The van der Waals surface area contributed by atoms with E-state index in [2.05, 4.69) is 15.3 Å². The number of carbonyl (C=O) groups excluding carboxylic acids is 2. The van der Waals surface area contributed by atoms with Crippen LogP contribution in [0.3, 0.4) is 0 Å². The first kappa shape index (κ1) is 28.2. The van der Waals surface area contributed by atoms with Crippen molar-refractivity contribution in [3.8, 4) is 16.9 Å². The summed E-state index contributed by atoms with van der Waals surface area (Å²) in [4.78, 5) is 35.6. The van der Waals surface area contributed by atoms with Gasteiger partial charge in [0.25, 0.3) is 0 Å². The third-order valence-electron chi connectivity index (χ3n) is 6.52. The van der Waals surface area contributed by atoms with Crippen molar-refractivity contribution < 1.29 is 22.8 Å². The molecule has 210 valence electrons. The second-order valence-corrected chi connectivity index (χ2v) is 10.8. The molecular weight excluding hydrogens is 551 g/mol. The van der Waals surface area contributed by atoms with E-state index in [1.807, 2.05) is 39.0 Å². The molecule has 1 aromatic heterocycles. The van der Waals surface area contributed by atoms with Crippen molar-refractivity contribution in [2.45, 2.75) is 32.9 Å². The van der Waals surface area contributed by atoms with Crippen molar-refractivity contribution in [1.82, 2.24) is 9.55 Å². The van der Waals surface area contributed by atoms with E-state index in [1.54, 1.807) is 35.0 Å². The number of aliphatic imine (C=N–C) groups is 1. The second kappa shape index (κ2) is 11.2. The smallest absolute Gasteiger partial charge is 0.306 e. The van der Waals surface area contributed by atoms with Gasteiger partial charge in [0.05, 0.1) is 29.0 Å². The lowest BCUT2D eigenvalue weighted by Crippen LogP contribution is -2.31. The molecule has 1 N–H and O–H groups in total. The van der Waals surface area contributed by atoms with Crippen LogP contribution in [0.4, 0.5) is 29.3 Å². The summed E-state index contributed by atoms with van der Waals surface area (Å²) in [5.74, 6) is 0.249. The van der Waals surface area contributed by atoms with E-state index in [9.17, 15) is 22.8 Å². The molecule has 0 aliphatic carbocycles. The molecule has 2 heterocycles. The molecule has 41 heavy (non-hydrogen) atoms. The second-order valence-electron chi connectivity index (χ2n) is 9.85. The third-order valence-corrected chi connectivity index (χ3v) is 7.44. The first-order chi connectivity index (χ1) is 19.5. The Morgan fingerprint density at radius 3 is 2.41 bits per heavy atom. The number of benzene rings is 3. The van der Waals surface area contributed by atoms with Crippen LogP contribution in [0, 0.1) is 6.92 Å². The fourth-order valence-electron chi connectivity index (χ4n) is 4.42. The Labute approximate surface area is 239 Å². The highest BCUT2D eigenvalue weighted by Crippen LogP contribution is 2.34. The van der Waals surface area contributed by atoms with E-state index in [0.717, 1.165) is 34.5 Å². The normalized spacial score (nSPS) is 14.8. The summed E-state index contributed by atoms with van der Waals surface area (Å²) in [6.45, 7) is 6.05. The fraction of sp³-hybridized carbons (Fsp3) is 0.200. The van der Waals surface area contributed by atoms with Gasteiger partial charge in [-0.3, -0.25) is 9.69 Å². The molecule has 1 aliphatic heterocycles. The molecular formula is C30H26F3N5O2S. The minimum absolute atomic E-state index is 0.130. The maximum Gasteiger partial charge on any atom is 0.416 e. The molecule has 7 nitrogen and oxygen atoms in total. The topological polar surface area (TPSA) is 79.6 Å². The SMILES string of the molecule is Cc1ccc(C(C)C)c(N2C(=O)CSC2=NC(=O)Nc2ccc(-c3cn(-c4ccc(C(F)(F)F)cc4)cn3)cc2)c1. The monoisotopic (exact) mass is 577 g/mol. The number of halogens is 3. The number of rotatable bonds is 5. The molecule has 3 aromatic carbocycles. The minimum atomic E-state index is -4.40. The molecule has 0 saturated carbocycles. The average molecular weight is 578 g/mol. The Morgan fingerprint density at radius 1 is 1.05 bits per heavy atom. The summed E-state index contributed by atoms with van der Waals surface area (Å²) >= 11 is 1.22. The number of imidazole rings is 1. The summed E-state index contributed by atoms with van der Waals surface area (Å²) in [6.07, 6.45) is -1.16. The number of aromatic nitrogens is 2. The van der Waals surface area contributed by atoms with Crippen molar-refractivity contribution in [2.75, 3.05) is 16.0 Å². The maximum absolute atomic E-state index is 12.8. The van der Waals surface area contributed by atoms with Gasteiger partial charge in [0.1, 0.15) is 0 Å². The zero-order valence-electron chi connectivity index (χ0n) is 22.4. The van der Waals surface area contributed by atoms with E-state index in [4.69, 9.17) is 0 Å². The lowest BCUT2D eigenvalue weighted by Gasteiger charge is -2.22. The Kier molecular flexibility index (Phi) is 7.72. The Bertz CT molecular complexity index is 1630. The Balaban J connectivity index is 1.29. The van der Waals surface area contributed by atoms with Crippen LogP contribution in [-0.2, 0) is 11.0 Å².